The van der Waals surface area contributed by atoms with Gasteiger partial charge in [-0.2, -0.15) is 0 Å². The summed E-state index contributed by atoms with van der Waals surface area (Å²) >= 11 is 0. The van der Waals surface area contributed by atoms with Gasteiger partial charge in [0.25, 0.3) is 0 Å². The Labute approximate surface area is 67.2 Å². The van der Waals surface area contributed by atoms with Gasteiger partial charge in [0.2, 0.25) is 0 Å². The molecule has 1 aliphatic heterocycles. The summed E-state index contributed by atoms with van der Waals surface area (Å²) in [6.07, 6.45) is 3.58. The number of hydrogen-bond donors (Lipinski definition) is 0. The Kier molecular flexibility index (Phi) is 1.96. The van der Waals surface area contributed by atoms with Crippen molar-refractivity contribution >= 4 is 0 Å². The Morgan fingerprint density at radius 2 is 2.00 bits per heavy atom. The highest BCUT2D eigenvalue weighted by atomic mass is 16.7. The molecule has 0 N–H and O–H groups in total. The van der Waals surface area contributed by atoms with Crippen LogP contribution in [-0.2, 0) is 9.47 Å². The number of rotatable bonds is 3. The molecule has 2 rings (SSSR count). The number of ether oxygens (including phenoxy) is 2. The minimum atomic E-state index is 0.0934. The highest BCUT2D eigenvalue weighted by Gasteiger charge is 2.20. The van der Waals surface area contributed by atoms with E-state index in [-0.39, 0.29) is 6.29 Å². The molecule has 0 aromatic carbocycles. The second-order valence-electron chi connectivity index (χ2n) is 3.27. The monoisotopic (exact) mass is 154 g/mol. The van der Waals surface area contributed by atoms with E-state index in [1.807, 2.05) is 0 Å². The molecule has 0 aromatic heterocycles. The van der Waals surface area contributed by atoms with Crippen molar-refractivity contribution in [3.63, 3.8) is 0 Å². The number of hydrogen-bond acceptors (Lipinski definition) is 2. The molecule has 2 nitrogen and oxygen atoms in total. The average Bonchev–Trinajstić information content (AvgIpc) is 2.55. The zero-order chi connectivity index (χ0) is 7.68. The molecule has 62 valence electrons. The van der Waals surface area contributed by atoms with E-state index in [1.165, 1.54) is 12.8 Å². The van der Waals surface area contributed by atoms with Crippen LogP contribution >= 0.6 is 0 Å². The lowest BCUT2D eigenvalue weighted by Gasteiger charge is -2.05. The van der Waals surface area contributed by atoms with Gasteiger partial charge in [0, 0.05) is 6.42 Å². The Bertz CT molecular complexity index is 178. The molecule has 11 heavy (non-hydrogen) atoms. The lowest BCUT2D eigenvalue weighted by Crippen LogP contribution is -2.06. The lowest BCUT2D eigenvalue weighted by atomic mass is 10.2. The van der Waals surface area contributed by atoms with Crippen molar-refractivity contribution in [1.29, 1.82) is 0 Å². The summed E-state index contributed by atoms with van der Waals surface area (Å²) in [6.45, 7) is 3.76. The summed E-state index contributed by atoms with van der Waals surface area (Å²) in [6, 6.07) is 0. The van der Waals surface area contributed by atoms with Crippen LogP contribution in [0.1, 0.15) is 26.2 Å². The Hall–Kier alpha value is -0.340. The van der Waals surface area contributed by atoms with Gasteiger partial charge in [0.15, 0.2) is 6.29 Å². The maximum Gasteiger partial charge on any atom is 0.158 e. The molecule has 0 unspecified atom stereocenters. The van der Waals surface area contributed by atoms with Gasteiger partial charge in [0.1, 0.15) is 0 Å². The molecule has 2 heteroatoms. The van der Waals surface area contributed by atoms with Crippen LogP contribution < -0.4 is 0 Å². The maximum atomic E-state index is 5.32. The van der Waals surface area contributed by atoms with Crippen molar-refractivity contribution in [1.82, 2.24) is 0 Å². The predicted octanol–water partition coefficient (Wildman–Crippen LogP) is 1.86. The molecule has 1 saturated heterocycles. The molecule has 0 aromatic rings. The van der Waals surface area contributed by atoms with Crippen LogP contribution in [0.2, 0.25) is 0 Å². The van der Waals surface area contributed by atoms with Crippen LogP contribution in [0.3, 0.4) is 0 Å². The number of allylic oxidation sites excluding steroid dienone is 2. The van der Waals surface area contributed by atoms with Gasteiger partial charge in [-0.05, 0) is 19.8 Å². The molecular formula is C9H14O2. The van der Waals surface area contributed by atoms with Crippen molar-refractivity contribution in [3.8, 4) is 0 Å². The standard InChI is InChI=1S/C9H14O2/c1-7-6-8(7)2-3-9-10-4-5-11-9/h9H,2-6H2,1H3. The zero-order valence-corrected chi connectivity index (χ0v) is 6.93. The first-order chi connectivity index (χ1) is 5.36. The van der Waals surface area contributed by atoms with Crippen molar-refractivity contribution in [2.24, 2.45) is 0 Å². The van der Waals surface area contributed by atoms with E-state index < -0.39 is 0 Å². The molecule has 1 aliphatic carbocycles. The quantitative estimate of drug-likeness (QED) is 0.578. The predicted molar refractivity (Wildman–Crippen MR) is 42.2 cm³/mol. The SMILES string of the molecule is CC1=C(CCC2OCCO2)C1. The molecule has 0 spiro atoms. The van der Waals surface area contributed by atoms with E-state index in [2.05, 4.69) is 6.92 Å². The smallest absolute Gasteiger partial charge is 0.158 e. The van der Waals surface area contributed by atoms with Crippen molar-refractivity contribution in [3.05, 3.63) is 11.1 Å². The largest absolute Gasteiger partial charge is 0.350 e. The third kappa shape index (κ3) is 1.82. The van der Waals surface area contributed by atoms with Crippen LogP contribution in [0.4, 0.5) is 0 Å². The fraction of sp³-hybridized carbons (Fsp3) is 0.778. The first-order valence-electron chi connectivity index (χ1n) is 4.27. The minimum Gasteiger partial charge on any atom is -0.350 e. The van der Waals surface area contributed by atoms with Gasteiger partial charge in [-0.25, -0.2) is 0 Å². The van der Waals surface area contributed by atoms with E-state index in [4.69, 9.17) is 9.47 Å². The summed E-state index contributed by atoms with van der Waals surface area (Å²) in [5.41, 5.74) is 3.19. The topological polar surface area (TPSA) is 18.5 Å². The zero-order valence-electron chi connectivity index (χ0n) is 6.93. The van der Waals surface area contributed by atoms with Gasteiger partial charge in [-0.3, -0.25) is 0 Å². The van der Waals surface area contributed by atoms with Gasteiger partial charge in [-0.15, -0.1) is 0 Å². The van der Waals surface area contributed by atoms with E-state index in [9.17, 15) is 0 Å². The van der Waals surface area contributed by atoms with E-state index in [1.54, 1.807) is 11.1 Å². The van der Waals surface area contributed by atoms with Crippen LogP contribution in [0, 0.1) is 0 Å². The van der Waals surface area contributed by atoms with Crippen LogP contribution in [0.5, 0.6) is 0 Å². The van der Waals surface area contributed by atoms with Crippen LogP contribution in [0.25, 0.3) is 0 Å². The third-order valence-corrected chi connectivity index (χ3v) is 2.33. The molecule has 1 fully saturated rings. The molecule has 2 aliphatic rings. The summed E-state index contributed by atoms with van der Waals surface area (Å²) < 4.78 is 10.6. The van der Waals surface area contributed by atoms with Crippen molar-refractivity contribution in [2.45, 2.75) is 32.5 Å². The average molecular weight is 154 g/mol. The van der Waals surface area contributed by atoms with Gasteiger partial charge in [-0.1, -0.05) is 11.1 Å². The summed E-state index contributed by atoms with van der Waals surface area (Å²) in [5.74, 6) is 0. The highest BCUT2D eigenvalue weighted by molar-refractivity contribution is 5.32. The second-order valence-corrected chi connectivity index (χ2v) is 3.27. The molecule has 0 atom stereocenters. The molecule has 1 heterocycles. The second kappa shape index (κ2) is 2.95. The Morgan fingerprint density at radius 1 is 1.36 bits per heavy atom. The van der Waals surface area contributed by atoms with Gasteiger partial charge >= 0.3 is 0 Å². The first kappa shape index (κ1) is 7.32. The van der Waals surface area contributed by atoms with E-state index in [0.29, 0.717) is 0 Å². The Morgan fingerprint density at radius 3 is 2.55 bits per heavy atom. The van der Waals surface area contributed by atoms with Gasteiger partial charge < -0.3 is 9.47 Å². The molecule has 0 amide bonds. The van der Waals surface area contributed by atoms with Crippen LogP contribution in [-0.4, -0.2) is 19.5 Å². The van der Waals surface area contributed by atoms with Crippen molar-refractivity contribution < 1.29 is 9.47 Å². The third-order valence-electron chi connectivity index (χ3n) is 2.33. The fourth-order valence-corrected chi connectivity index (χ4v) is 1.44. The minimum absolute atomic E-state index is 0.0934. The fourth-order valence-electron chi connectivity index (χ4n) is 1.44. The van der Waals surface area contributed by atoms with E-state index >= 15 is 0 Å². The first-order valence-corrected chi connectivity index (χ1v) is 4.27. The maximum absolute atomic E-state index is 5.32. The van der Waals surface area contributed by atoms with Crippen molar-refractivity contribution in [2.75, 3.05) is 13.2 Å². The summed E-state index contributed by atoms with van der Waals surface area (Å²) in [7, 11) is 0. The summed E-state index contributed by atoms with van der Waals surface area (Å²) in [5, 5.41) is 0. The molecule has 0 radical (unpaired) electrons. The lowest BCUT2D eigenvalue weighted by molar-refractivity contribution is -0.0460. The Balaban J connectivity index is 1.66. The summed E-state index contributed by atoms with van der Waals surface area (Å²) in [4.78, 5) is 0. The molecular weight excluding hydrogens is 140 g/mol. The molecule has 0 saturated carbocycles. The van der Waals surface area contributed by atoms with E-state index in [0.717, 1.165) is 19.6 Å². The molecule has 0 bridgehead atoms. The highest BCUT2D eigenvalue weighted by Crippen LogP contribution is 2.34. The normalized spacial score (nSPS) is 24.8. The van der Waals surface area contributed by atoms with Crippen LogP contribution in [0.15, 0.2) is 11.1 Å². The van der Waals surface area contributed by atoms with Gasteiger partial charge in [0.05, 0.1) is 13.2 Å².